The molecule has 1 aromatic heterocycles. The fourth-order valence-corrected chi connectivity index (χ4v) is 4.03. The Kier molecular flexibility index (Phi) is 5.78. The molecule has 9 heteroatoms. The number of nitrogens with zero attached hydrogens (tertiary/aromatic N) is 3. The highest BCUT2D eigenvalue weighted by Crippen LogP contribution is 2.36. The van der Waals surface area contributed by atoms with E-state index in [1.807, 2.05) is 29.2 Å². The molecule has 0 bridgehead atoms. The van der Waals surface area contributed by atoms with E-state index in [-0.39, 0.29) is 17.4 Å². The largest absolute Gasteiger partial charge is 0.451 e. The third-order valence-electron chi connectivity index (χ3n) is 4.99. The smallest absolute Gasteiger partial charge is 0.294 e. The van der Waals surface area contributed by atoms with Gasteiger partial charge in [0.2, 0.25) is 0 Å². The highest BCUT2D eigenvalue weighted by atomic mass is 79.9. The summed E-state index contributed by atoms with van der Waals surface area (Å²) in [6.07, 6.45) is 0. The molecule has 1 amide bonds. The van der Waals surface area contributed by atoms with Gasteiger partial charge in [-0.25, -0.2) is 0 Å². The molecule has 0 unspecified atom stereocenters. The van der Waals surface area contributed by atoms with Gasteiger partial charge in [0.25, 0.3) is 11.6 Å². The number of benzene rings is 2. The topological polar surface area (TPSA) is 79.8 Å². The molecule has 2 aromatic carbocycles. The lowest BCUT2D eigenvalue weighted by Gasteiger charge is -2.35. The van der Waals surface area contributed by atoms with Crippen LogP contribution < -0.4 is 4.90 Å². The highest BCUT2D eigenvalue weighted by Gasteiger charge is 2.29. The van der Waals surface area contributed by atoms with Gasteiger partial charge in [0.15, 0.2) is 5.76 Å². The van der Waals surface area contributed by atoms with Crippen molar-refractivity contribution in [3.8, 4) is 11.3 Å². The monoisotopic (exact) mass is 489 g/mol. The molecule has 4 rings (SSSR count). The Morgan fingerprint density at radius 1 is 1.03 bits per heavy atom. The number of rotatable bonds is 4. The standard InChI is InChI=1S/C21H17BrClN3O4/c22-15-6-4-14(5-7-15)18-8-9-19(30-18)21(27)25-12-10-24(11-13-25)20-16(23)2-1-3-17(20)26(28)29/h1-9H,10-13H2. The van der Waals surface area contributed by atoms with Gasteiger partial charge in [0, 0.05) is 42.3 Å². The van der Waals surface area contributed by atoms with Gasteiger partial charge in [-0.15, -0.1) is 0 Å². The first kappa shape index (κ1) is 20.4. The quantitative estimate of drug-likeness (QED) is 0.369. The number of nitro benzene ring substituents is 1. The second-order valence-corrected chi connectivity index (χ2v) is 8.14. The minimum Gasteiger partial charge on any atom is -0.451 e. The molecule has 1 fully saturated rings. The second-order valence-electron chi connectivity index (χ2n) is 6.81. The van der Waals surface area contributed by atoms with E-state index in [1.54, 1.807) is 29.2 Å². The number of halogens is 2. The number of carbonyl (C=O) groups is 1. The van der Waals surface area contributed by atoms with Crippen LogP contribution in [0.4, 0.5) is 11.4 Å². The Bertz CT molecular complexity index is 1090. The van der Waals surface area contributed by atoms with Gasteiger partial charge >= 0.3 is 0 Å². The predicted octanol–water partition coefficient (Wildman–Crippen LogP) is 5.23. The van der Waals surface area contributed by atoms with Crippen LogP contribution in [-0.2, 0) is 0 Å². The van der Waals surface area contributed by atoms with Crippen LogP contribution in [0.25, 0.3) is 11.3 Å². The number of hydrogen-bond donors (Lipinski definition) is 0. The van der Waals surface area contributed by atoms with Crippen LogP contribution in [0.2, 0.25) is 5.02 Å². The van der Waals surface area contributed by atoms with E-state index >= 15 is 0 Å². The predicted molar refractivity (Wildman–Crippen MR) is 118 cm³/mol. The number of amides is 1. The maximum absolute atomic E-state index is 12.9. The molecular formula is C21H17BrClN3O4. The van der Waals surface area contributed by atoms with Gasteiger partial charge in [-0.05, 0) is 30.3 Å². The number of piperazine rings is 1. The number of furan rings is 1. The summed E-state index contributed by atoms with van der Waals surface area (Å²) < 4.78 is 6.74. The maximum atomic E-state index is 12.9. The van der Waals surface area contributed by atoms with Gasteiger partial charge in [-0.2, -0.15) is 0 Å². The molecule has 1 aliphatic heterocycles. The van der Waals surface area contributed by atoms with Crippen LogP contribution in [-0.4, -0.2) is 41.9 Å². The third kappa shape index (κ3) is 4.06. The van der Waals surface area contributed by atoms with Crippen LogP contribution >= 0.6 is 27.5 Å². The van der Waals surface area contributed by atoms with Crippen LogP contribution in [0, 0.1) is 10.1 Å². The van der Waals surface area contributed by atoms with Crippen LogP contribution in [0.3, 0.4) is 0 Å². The van der Waals surface area contributed by atoms with Crippen molar-refractivity contribution in [2.75, 3.05) is 31.1 Å². The summed E-state index contributed by atoms with van der Waals surface area (Å²) in [5.74, 6) is 0.688. The Hall–Kier alpha value is -2.84. The number of carbonyl (C=O) groups excluding carboxylic acids is 1. The minimum absolute atomic E-state index is 0.0348. The van der Waals surface area contributed by atoms with Crippen LogP contribution in [0.1, 0.15) is 10.6 Å². The van der Waals surface area contributed by atoms with Crippen molar-refractivity contribution in [1.29, 1.82) is 0 Å². The Labute approximate surface area is 186 Å². The van der Waals surface area contributed by atoms with Crippen molar-refractivity contribution in [2.45, 2.75) is 0 Å². The van der Waals surface area contributed by atoms with Crippen molar-refractivity contribution in [3.63, 3.8) is 0 Å². The van der Waals surface area contributed by atoms with Crippen molar-refractivity contribution in [1.82, 2.24) is 4.90 Å². The van der Waals surface area contributed by atoms with Crippen molar-refractivity contribution >= 4 is 44.8 Å². The Balaban J connectivity index is 1.46. The lowest BCUT2D eigenvalue weighted by atomic mass is 10.2. The zero-order valence-electron chi connectivity index (χ0n) is 15.8. The van der Waals surface area contributed by atoms with E-state index in [0.717, 1.165) is 10.0 Å². The molecule has 7 nitrogen and oxygen atoms in total. The summed E-state index contributed by atoms with van der Waals surface area (Å²) in [4.78, 5) is 27.3. The lowest BCUT2D eigenvalue weighted by molar-refractivity contribution is -0.384. The lowest BCUT2D eigenvalue weighted by Crippen LogP contribution is -2.49. The first-order valence-corrected chi connectivity index (χ1v) is 10.4. The molecule has 0 saturated carbocycles. The summed E-state index contributed by atoms with van der Waals surface area (Å²) in [5, 5.41) is 11.7. The number of anilines is 1. The zero-order valence-corrected chi connectivity index (χ0v) is 18.1. The first-order valence-electron chi connectivity index (χ1n) is 9.27. The van der Waals surface area contributed by atoms with E-state index in [0.29, 0.717) is 42.6 Å². The number of nitro groups is 1. The molecular weight excluding hydrogens is 474 g/mol. The molecule has 0 spiro atoms. The maximum Gasteiger partial charge on any atom is 0.294 e. The van der Waals surface area contributed by atoms with E-state index in [9.17, 15) is 14.9 Å². The molecule has 0 atom stereocenters. The molecule has 1 aliphatic rings. The molecule has 30 heavy (non-hydrogen) atoms. The summed E-state index contributed by atoms with van der Waals surface area (Å²) >= 11 is 9.62. The summed E-state index contributed by atoms with van der Waals surface area (Å²) in [6.45, 7) is 1.71. The van der Waals surface area contributed by atoms with Gasteiger partial charge < -0.3 is 14.2 Å². The average molecular weight is 491 g/mol. The third-order valence-corrected chi connectivity index (χ3v) is 5.82. The summed E-state index contributed by atoms with van der Waals surface area (Å²) in [7, 11) is 0. The second kappa shape index (κ2) is 8.49. The van der Waals surface area contributed by atoms with E-state index in [4.69, 9.17) is 16.0 Å². The van der Waals surface area contributed by atoms with Crippen LogP contribution in [0.15, 0.2) is 63.5 Å². The molecule has 2 heterocycles. The van der Waals surface area contributed by atoms with Crippen molar-refractivity contribution in [3.05, 3.63) is 80.0 Å². The minimum atomic E-state index is -0.439. The molecule has 154 valence electrons. The highest BCUT2D eigenvalue weighted by molar-refractivity contribution is 9.10. The Morgan fingerprint density at radius 3 is 2.40 bits per heavy atom. The van der Waals surface area contributed by atoms with Crippen LogP contribution in [0.5, 0.6) is 0 Å². The molecule has 0 aliphatic carbocycles. The van der Waals surface area contributed by atoms with Gasteiger partial charge in [-0.1, -0.05) is 45.7 Å². The molecule has 1 saturated heterocycles. The Morgan fingerprint density at radius 2 is 1.73 bits per heavy atom. The zero-order chi connectivity index (χ0) is 21.3. The van der Waals surface area contributed by atoms with Crippen molar-refractivity contribution in [2.24, 2.45) is 0 Å². The summed E-state index contributed by atoms with van der Waals surface area (Å²) in [6, 6.07) is 15.7. The number of para-hydroxylation sites is 1. The molecule has 0 radical (unpaired) electrons. The van der Waals surface area contributed by atoms with Gasteiger partial charge in [-0.3, -0.25) is 14.9 Å². The van der Waals surface area contributed by atoms with Gasteiger partial charge in [0.05, 0.1) is 9.95 Å². The van der Waals surface area contributed by atoms with E-state index < -0.39 is 4.92 Å². The summed E-state index contributed by atoms with van der Waals surface area (Å²) in [5.41, 5.74) is 1.24. The van der Waals surface area contributed by atoms with E-state index in [1.165, 1.54) is 6.07 Å². The SMILES string of the molecule is O=C(c1ccc(-c2ccc(Br)cc2)o1)N1CCN(c2c(Cl)cccc2[N+](=O)[O-])CC1. The average Bonchev–Trinajstić information content (AvgIpc) is 3.24. The molecule has 3 aromatic rings. The first-order chi connectivity index (χ1) is 14.4. The normalized spacial score (nSPS) is 14.1. The van der Waals surface area contributed by atoms with Crippen molar-refractivity contribution < 1.29 is 14.1 Å². The van der Waals surface area contributed by atoms with Gasteiger partial charge in [0.1, 0.15) is 11.4 Å². The number of hydrogen-bond acceptors (Lipinski definition) is 5. The van der Waals surface area contributed by atoms with E-state index in [2.05, 4.69) is 15.9 Å². The fraction of sp³-hybridized carbons (Fsp3) is 0.190. The molecule has 0 N–H and O–H groups in total. The fourth-order valence-electron chi connectivity index (χ4n) is 3.48.